The van der Waals surface area contributed by atoms with Crippen LogP contribution in [0.5, 0.6) is 0 Å². The number of esters is 1. The third-order valence-electron chi connectivity index (χ3n) is 3.42. The van der Waals surface area contributed by atoms with Crippen LogP contribution < -0.4 is 0 Å². The summed E-state index contributed by atoms with van der Waals surface area (Å²) in [6.45, 7) is 3.71. The normalized spacial score (nSPS) is 52.7. The lowest BCUT2D eigenvalue weighted by Crippen LogP contribution is -2.44. The molecule has 2 rings (SSSR count). The summed E-state index contributed by atoms with van der Waals surface area (Å²) in [5, 5.41) is 10.00. The Kier molecular flexibility index (Phi) is 2.39. The van der Waals surface area contributed by atoms with Gasteiger partial charge in [0.2, 0.25) is 0 Å². The zero-order chi connectivity index (χ0) is 10.5. The Hall–Kier alpha value is -0.0900. The maximum atomic E-state index is 11.4. The molecule has 2 fully saturated rings. The molecule has 0 spiro atoms. The smallest absolute Gasteiger partial charge is 0.338 e. The van der Waals surface area contributed by atoms with Crippen LogP contribution in [0, 0.1) is 11.8 Å². The highest BCUT2D eigenvalue weighted by Gasteiger charge is 2.57. The van der Waals surface area contributed by atoms with Gasteiger partial charge in [-0.1, -0.05) is 22.9 Å². The minimum Gasteiger partial charge on any atom is -0.459 e. The molecule has 3 nitrogen and oxygen atoms in total. The molecule has 0 aromatic carbocycles. The lowest BCUT2D eigenvalue weighted by atomic mass is 9.74. The predicted octanol–water partition coefficient (Wildman–Crippen LogP) is 1.47. The second kappa shape index (κ2) is 3.20. The molecule has 0 radical (unpaired) electrons. The predicted molar refractivity (Wildman–Crippen MR) is 55.1 cm³/mol. The number of ether oxygens (including phenoxy) is 1. The number of rotatable bonds is 0. The van der Waals surface area contributed by atoms with Crippen molar-refractivity contribution < 1.29 is 14.6 Å². The van der Waals surface area contributed by atoms with Crippen LogP contribution in [0.15, 0.2) is 0 Å². The lowest BCUT2D eigenvalue weighted by Gasteiger charge is -2.35. The van der Waals surface area contributed by atoms with Gasteiger partial charge in [0.15, 0.2) is 5.60 Å². The molecule has 0 bridgehead atoms. The number of alkyl halides is 1. The molecule has 1 heterocycles. The molecule has 2 aliphatic rings. The third kappa shape index (κ3) is 1.39. The molecule has 4 heteroatoms. The van der Waals surface area contributed by atoms with Crippen molar-refractivity contribution in [2.24, 2.45) is 11.8 Å². The molecule has 1 aliphatic heterocycles. The van der Waals surface area contributed by atoms with Crippen molar-refractivity contribution in [2.75, 3.05) is 0 Å². The Balaban J connectivity index is 2.26. The maximum absolute atomic E-state index is 11.4. The van der Waals surface area contributed by atoms with Crippen LogP contribution in [-0.2, 0) is 9.53 Å². The molecule has 0 unspecified atom stereocenters. The van der Waals surface area contributed by atoms with Gasteiger partial charge in [0.1, 0.15) is 6.10 Å². The molecule has 1 saturated heterocycles. The maximum Gasteiger partial charge on any atom is 0.338 e. The van der Waals surface area contributed by atoms with E-state index in [0.717, 1.165) is 12.8 Å². The number of halogens is 1. The fraction of sp³-hybridized carbons (Fsp3) is 0.900. The monoisotopic (exact) mass is 262 g/mol. The summed E-state index contributed by atoms with van der Waals surface area (Å²) in [5.41, 5.74) is -1.29. The van der Waals surface area contributed by atoms with Crippen LogP contribution in [0.1, 0.15) is 26.7 Å². The summed E-state index contributed by atoms with van der Waals surface area (Å²) in [6.07, 6.45) is 1.73. The summed E-state index contributed by atoms with van der Waals surface area (Å²) >= 11 is 3.53. The van der Waals surface area contributed by atoms with E-state index in [9.17, 15) is 9.90 Å². The lowest BCUT2D eigenvalue weighted by molar-refractivity contribution is -0.154. The molecular weight excluding hydrogens is 248 g/mol. The Bertz CT molecular complexity index is 264. The zero-order valence-electron chi connectivity index (χ0n) is 8.37. The Morgan fingerprint density at radius 3 is 2.86 bits per heavy atom. The van der Waals surface area contributed by atoms with Gasteiger partial charge in [-0.15, -0.1) is 0 Å². The Morgan fingerprint density at radius 2 is 2.21 bits per heavy atom. The number of aliphatic hydroxyl groups is 1. The molecule has 0 amide bonds. The quantitative estimate of drug-likeness (QED) is 0.532. The number of hydrogen-bond acceptors (Lipinski definition) is 3. The number of carbonyl (C=O) groups is 1. The van der Waals surface area contributed by atoms with E-state index in [1.54, 1.807) is 6.92 Å². The highest BCUT2D eigenvalue weighted by Crippen LogP contribution is 2.45. The molecule has 14 heavy (non-hydrogen) atoms. The SMILES string of the molecule is C[C@H]1C[C@H](Br)[C@H]2OC(=O)[C@@](C)(O)[C@H]2C1. The van der Waals surface area contributed by atoms with Gasteiger partial charge < -0.3 is 9.84 Å². The Morgan fingerprint density at radius 1 is 1.57 bits per heavy atom. The van der Waals surface area contributed by atoms with Gasteiger partial charge in [-0.05, 0) is 25.7 Å². The van der Waals surface area contributed by atoms with Gasteiger partial charge in [-0.3, -0.25) is 0 Å². The van der Waals surface area contributed by atoms with Crippen LogP contribution in [-0.4, -0.2) is 27.6 Å². The number of carbonyl (C=O) groups excluding carboxylic acids is 1. The molecule has 0 aromatic rings. The summed E-state index contributed by atoms with van der Waals surface area (Å²) in [4.78, 5) is 11.6. The van der Waals surface area contributed by atoms with Crippen LogP contribution in [0.3, 0.4) is 0 Å². The first kappa shape index (κ1) is 10.4. The number of fused-ring (bicyclic) bond motifs is 1. The van der Waals surface area contributed by atoms with Gasteiger partial charge >= 0.3 is 5.97 Å². The fourth-order valence-corrected chi connectivity index (χ4v) is 3.65. The molecule has 80 valence electrons. The van der Waals surface area contributed by atoms with E-state index < -0.39 is 11.6 Å². The molecule has 1 N–H and O–H groups in total. The van der Waals surface area contributed by atoms with Gasteiger partial charge in [-0.25, -0.2) is 4.79 Å². The highest BCUT2D eigenvalue weighted by molar-refractivity contribution is 9.09. The second-order valence-corrected chi connectivity index (χ2v) is 5.89. The van der Waals surface area contributed by atoms with Crippen LogP contribution in [0.2, 0.25) is 0 Å². The topological polar surface area (TPSA) is 46.5 Å². The van der Waals surface area contributed by atoms with E-state index >= 15 is 0 Å². The van der Waals surface area contributed by atoms with Gasteiger partial charge in [0.05, 0.1) is 4.83 Å². The average molecular weight is 263 g/mol. The fourth-order valence-electron chi connectivity index (χ4n) is 2.53. The minimum atomic E-state index is -1.29. The summed E-state index contributed by atoms with van der Waals surface area (Å²) in [6, 6.07) is 0. The van der Waals surface area contributed by atoms with E-state index in [4.69, 9.17) is 4.74 Å². The van der Waals surface area contributed by atoms with Gasteiger partial charge in [0, 0.05) is 5.92 Å². The van der Waals surface area contributed by atoms with E-state index in [0.29, 0.717) is 5.92 Å². The zero-order valence-corrected chi connectivity index (χ0v) is 9.95. The van der Waals surface area contributed by atoms with Crippen molar-refractivity contribution in [1.29, 1.82) is 0 Å². The first-order chi connectivity index (χ1) is 6.43. The number of hydrogen-bond donors (Lipinski definition) is 1. The highest BCUT2D eigenvalue weighted by atomic mass is 79.9. The van der Waals surface area contributed by atoms with Gasteiger partial charge in [-0.2, -0.15) is 0 Å². The van der Waals surface area contributed by atoms with E-state index in [1.807, 2.05) is 0 Å². The minimum absolute atomic E-state index is 0.0527. The van der Waals surface area contributed by atoms with Crippen molar-refractivity contribution in [2.45, 2.75) is 43.2 Å². The molecular formula is C10H15BrO3. The van der Waals surface area contributed by atoms with E-state index in [2.05, 4.69) is 22.9 Å². The van der Waals surface area contributed by atoms with Gasteiger partial charge in [0.25, 0.3) is 0 Å². The first-order valence-corrected chi connectivity index (χ1v) is 5.92. The summed E-state index contributed by atoms with van der Waals surface area (Å²) in [7, 11) is 0. The van der Waals surface area contributed by atoms with Crippen molar-refractivity contribution >= 4 is 21.9 Å². The molecule has 1 aliphatic carbocycles. The first-order valence-electron chi connectivity index (χ1n) is 5.00. The molecule has 0 aromatic heterocycles. The van der Waals surface area contributed by atoms with Crippen molar-refractivity contribution in [3.05, 3.63) is 0 Å². The molecule has 5 atom stereocenters. The van der Waals surface area contributed by atoms with Crippen molar-refractivity contribution in [3.63, 3.8) is 0 Å². The standard InChI is InChI=1S/C10H15BrO3/c1-5-3-6-8(7(11)4-5)14-9(12)10(6,2)13/h5-8,13H,3-4H2,1-2H3/t5-,6+,7+,8+,10+/m1/s1. The summed E-state index contributed by atoms with van der Waals surface area (Å²) < 4.78 is 5.21. The summed E-state index contributed by atoms with van der Waals surface area (Å²) in [5.74, 6) is 0.00998. The van der Waals surface area contributed by atoms with Crippen molar-refractivity contribution in [3.8, 4) is 0 Å². The largest absolute Gasteiger partial charge is 0.459 e. The van der Waals surface area contributed by atoms with Crippen molar-refractivity contribution in [1.82, 2.24) is 0 Å². The average Bonchev–Trinajstić information content (AvgIpc) is 2.28. The van der Waals surface area contributed by atoms with Crippen LogP contribution in [0.25, 0.3) is 0 Å². The molecule has 1 saturated carbocycles. The van der Waals surface area contributed by atoms with Crippen LogP contribution >= 0.6 is 15.9 Å². The second-order valence-electron chi connectivity index (χ2n) is 4.72. The van der Waals surface area contributed by atoms with E-state index in [1.165, 1.54) is 0 Å². The third-order valence-corrected chi connectivity index (χ3v) is 4.31. The van der Waals surface area contributed by atoms with Crippen LogP contribution in [0.4, 0.5) is 0 Å². The Labute approximate surface area is 91.9 Å². The van der Waals surface area contributed by atoms with E-state index in [-0.39, 0.29) is 16.8 Å².